The molecule has 1 atom stereocenters. The number of aromatic hydroxyl groups is 1. The molecule has 0 amide bonds. The van der Waals surface area contributed by atoms with Crippen molar-refractivity contribution in [3.05, 3.63) is 54.1 Å². The van der Waals surface area contributed by atoms with Gasteiger partial charge in [0.1, 0.15) is 11.6 Å². The molecule has 1 aromatic carbocycles. The van der Waals surface area contributed by atoms with Crippen LogP contribution in [0.5, 0.6) is 5.75 Å². The zero-order chi connectivity index (χ0) is 15.2. The first-order valence-corrected chi connectivity index (χ1v) is 6.89. The Morgan fingerprint density at radius 2 is 1.95 bits per heavy atom. The summed E-state index contributed by atoms with van der Waals surface area (Å²) in [6.45, 7) is 0.815. The van der Waals surface area contributed by atoms with Gasteiger partial charge in [-0.2, -0.15) is 0 Å². The molecule has 1 aromatic heterocycles. The van der Waals surface area contributed by atoms with Crippen LogP contribution in [0.1, 0.15) is 18.2 Å². The molecular weight excluding hydrogens is 269 g/mol. The van der Waals surface area contributed by atoms with Crippen LogP contribution in [0.4, 0.5) is 10.1 Å². The number of hydrogen-bond donors (Lipinski definition) is 2. The molecule has 2 rings (SSSR count). The van der Waals surface area contributed by atoms with Crippen LogP contribution in [0.15, 0.2) is 42.6 Å². The van der Waals surface area contributed by atoms with E-state index in [1.54, 1.807) is 18.2 Å². The van der Waals surface area contributed by atoms with Crippen molar-refractivity contribution in [1.29, 1.82) is 0 Å². The van der Waals surface area contributed by atoms with Gasteiger partial charge in [0, 0.05) is 19.3 Å². The summed E-state index contributed by atoms with van der Waals surface area (Å²) in [6, 6.07) is 10.3. The van der Waals surface area contributed by atoms with Crippen LogP contribution in [0, 0.1) is 5.82 Å². The van der Waals surface area contributed by atoms with E-state index in [9.17, 15) is 9.50 Å². The Kier molecular flexibility index (Phi) is 5.11. The SMILES string of the molecule is CNC(CCN(C)c1ccc(O)cc1)c1ccc(F)cn1. The third-order valence-corrected chi connectivity index (χ3v) is 3.50. The van der Waals surface area contributed by atoms with Crippen molar-refractivity contribution in [2.75, 3.05) is 25.5 Å². The van der Waals surface area contributed by atoms with Crippen molar-refractivity contribution in [3.63, 3.8) is 0 Å². The summed E-state index contributed by atoms with van der Waals surface area (Å²) in [7, 11) is 3.87. The molecule has 2 N–H and O–H groups in total. The first-order chi connectivity index (χ1) is 10.1. The van der Waals surface area contributed by atoms with Gasteiger partial charge in [-0.25, -0.2) is 4.39 Å². The van der Waals surface area contributed by atoms with Gasteiger partial charge in [0.2, 0.25) is 0 Å². The average Bonchev–Trinajstić information content (AvgIpc) is 2.50. The number of aromatic nitrogens is 1. The molecule has 112 valence electrons. The van der Waals surface area contributed by atoms with Crippen LogP contribution in [0.25, 0.3) is 0 Å². The van der Waals surface area contributed by atoms with Crippen LogP contribution in [0.3, 0.4) is 0 Å². The van der Waals surface area contributed by atoms with Crippen molar-refractivity contribution in [2.45, 2.75) is 12.5 Å². The predicted octanol–water partition coefficient (Wildman–Crippen LogP) is 2.71. The molecule has 1 heterocycles. The molecule has 0 aliphatic rings. The predicted molar refractivity (Wildman–Crippen MR) is 82.0 cm³/mol. The highest BCUT2D eigenvalue weighted by Gasteiger charge is 2.12. The summed E-state index contributed by atoms with van der Waals surface area (Å²) in [5.41, 5.74) is 1.87. The zero-order valence-corrected chi connectivity index (χ0v) is 12.3. The fraction of sp³-hybridized carbons (Fsp3) is 0.312. The van der Waals surface area contributed by atoms with Crippen molar-refractivity contribution >= 4 is 5.69 Å². The summed E-state index contributed by atoms with van der Waals surface area (Å²) < 4.78 is 12.9. The van der Waals surface area contributed by atoms with E-state index in [1.165, 1.54) is 12.3 Å². The Balaban J connectivity index is 1.96. The quantitative estimate of drug-likeness (QED) is 0.858. The summed E-state index contributed by atoms with van der Waals surface area (Å²) in [4.78, 5) is 6.23. The smallest absolute Gasteiger partial charge is 0.141 e. The number of hydrogen-bond acceptors (Lipinski definition) is 4. The molecule has 0 saturated carbocycles. The highest BCUT2D eigenvalue weighted by atomic mass is 19.1. The lowest BCUT2D eigenvalue weighted by Gasteiger charge is -2.23. The van der Waals surface area contributed by atoms with Gasteiger partial charge in [0.15, 0.2) is 0 Å². The van der Waals surface area contributed by atoms with E-state index >= 15 is 0 Å². The molecule has 0 fully saturated rings. The second-order valence-corrected chi connectivity index (χ2v) is 4.97. The van der Waals surface area contributed by atoms with Gasteiger partial charge in [0.05, 0.1) is 17.9 Å². The van der Waals surface area contributed by atoms with E-state index in [4.69, 9.17) is 0 Å². The lowest BCUT2D eigenvalue weighted by atomic mass is 10.1. The van der Waals surface area contributed by atoms with Crippen LogP contribution < -0.4 is 10.2 Å². The zero-order valence-electron chi connectivity index (χ0n) is 12.3. The maximum Gasteiger partial charge on any atom is 0.141 e. The number of halogens is 1. The molecule has 0 aliphatic carbocycles. The molecule has 5 heteroatoms. The number of phenols is 1. The van der Waals surface area contributed by atoms with Crippen LogP contribution >= 0.6 is 0 Å². The van der Waals surface area contributed by atoms with Crippen LogP contribution in [-0.4, -0.2) is 30.7 Å². The van der Waals surface area contributed by atoms with Gasteiger partial charge in [-0.3, -0.25) is 4.98 Å². The number of pyridine rings is 1. The highest BCUT2D eigenvalue weighted by molar-refractivity contribution is 5.47. The Morgan fingerprint density at radius 3 is 2.52 bits per heavy atom. The third-order valence-electron chi connectivity index (χ3n) is 3.50. The largest absolute Gasteiger partial charge is 0.508 e. The standard InChI is InChI=1S/C16H20FN3O/c1-18-15(16-8-3-12(17)11-19-16)9-10-20(2)13-4-6-14(21)7-5-13/h3-8,11,15,18,21H,9-10H2,1-2H3. The second kappa shape index (κ2) is 7.04. The molecule has 0 spiro atoms. The normalized spacial score (nSPS) is 12.1. The summed E-state index contributed by atoms with van der Waals surface area (Å²) >= 11 is 0. The maximum absolute atomic E-state index is 12.9. The Bertz CT molecular complexity index is 557. The Labute approximate surface area is 124 Å². The van der Waals surface area contributed by atoms with Crippen molar-refractivity contribution in [3.8, 4) is 5.75 Å². The molecule has 4 nitrogen and oxygen atoms in total. The molecule has 0 aliphatic heterocycles. The van der Waals surface area contributed by atoms with Gasteiger partial charge in [-0.1, -0.05) is 0 Å². The minimum atomic E-state index is -0.324. The van der Waals surface area contributed by atoms with Crippen LogP contribution in [0.2, 0.25) is 0 Å². The van der Waals surface area contributed by atoms with Gasteiger partial charge in [-0.05, 0) is 49.9 Å². The molecule has 2 aromatic rings. The van der Waals surface area contributed by atoms with E-state index in [2.05, 4.69) is 15.2 Å². The maximum atomic E-state index is 12.9. The molecular formula is C16H20FN3O. The molecule has 21 heavy (non-hydrogen) atoms. The van der Waals surface area contributed by atoms with Crippen molar-refractivity contribution in [2.24, 2.45) is 0 Å². The van der Waals surface area contributed by atoms with Gasteiger partial charge in [-0.15, -0.1) is 0 Å². The first kappa shape index (κ1) is 15.3. The van der Waals surface area contributed by atoms with Crippen molar-refractivity contribution < 1.29 is 9.50 Å². The molecule has 0 bridgehead atoms. The number of rotatable bonds is 6. The highest BCUT2D eigenvalue weighted by Crippen LogP contribution is 2.20. The fourth-order valence-corrected chi connectivity index (χ4v) is 2.19. The Hall–Kier alpha value is -2.14. The number of anilines is 1. The van der Waals surface area contributed by atoms with E-state index in [-0.39, 0.29) is 17.6 Å². The number of nitrogens with zero attached hydrogens (tertiary/aromatic N) is 2. The van der Waals surface area contributed by atoms with E-state index < -0.39 is 0 Å². The van der Waals surface area contributed by atoms with Crippen LogP contribution in [-0.2, 0) is 0 Å². The van der Waals surface area contributed by atoms with Crippen molar-refractivity contribution in [1.82, 2.24) is 10.3 Å². The third kappa shape index (κ3) is 4.16. The minimum absolute atomic E-state index is 0.0742. The monoisotopic (exact) mass is 289 g/mol. The summed E-state index contributed by atoms with van der Waals surface area (Å²) in [5, 5.41) is 12.5. The number of nitrogens with one attached hydrogen (secondary N) is 1. The summed E-state index contributed by atoms with van der Waals surface area (Å²) in [6.07, 6.45) is 2.08. The fourth-order valence-electron chi connectivity index (χ4n) is 2.19. The minimum Gasteiger partial charge on any atom is -0.508 e. The number of phenolic OH excluding ortho intramolecular Hbond substituents is 1. The van der Waals surface area contributed by atoms with E-state index in [1.807, 2.05) is 26.2 Å². The molecule has 0 saturated heterocycles. The topological polar surface area (TPSA) is 48.4 Å². The van der Waals surface area contributed by atoms with E-state index in [0.29, 0.717) is 0 Å². The average molecular weight is 289 g/mol. The van der Waals surface area contributed by atoms with Gasteiger partial charge >= 0.3 is 0 Å². The first-order valence-electron chi connectivity index (χ1n) is 6.89. The Morgan fingerprint density at radius 1 is 1.24 bits per heavy atom. The lowest BCUT2D eigenvalue weighted by Crippen LogP contribution is -2.25. The molecule has 1 unspecified atom stereocenters. The molecule has 0 radical (unpaired) electrons. The lowest BCUT2D eigenvalue weighted by molar-refractivity contribution is 0.475. The van der Waals surface area contributed by atoms with Gasteiger partial charge < -0.3 is 15.3 Å². The second-order valence-electron chi connectivity index (χ2n) is 4.97. The van der Waals surface area contributed by atoms with E-state index in [0.717, 1.165) is 24.3 Å². The number of benzene rings is 1. The van der Waals surface area contributed by atoms with Gasteiger partial charge in [0.25, 0.3) is 0 Å². The summed E-state index contributed by atoms with van der Waals surface area (Å²) in [5.74, 6) is -0.0643.